The second-order valence-corrected chi connectivity index (χ2v) is 12.0. The van der Waals surface area contributed by atoms with E-state index in [-0.39, 0.29) is 47.4 Å². The molecule has 3 saturated heterocycles. The summed E-state index contributed by atoms with van der Waals surface area (Å²) in [5, 5.41) is 32.5. The van der Waals surface area contributed by atoms with Gasteiger partial charge in [0.05, 0.1) is 51.4 Å². The third-order valence-corrected chi connectivity index (χ3v) is 9.64. The van der Waals surface area contributed by atoms with E-state index in [0.717, 1.165) is 6.42 Å². The molecule has 1 unspecified atom stereocenters. The van der Waals surface area contributed by atoms with E-state index in [2.05, 4.69) is 19.4 Å². The van der Waals surface area contributed by atoms with Crippen molar-refractivity contribution in [3.8, 4) is 0 Å². The number of carboxylic acid groups (broad SMARTS) is 1. The number of aliphatic carboxylic acids is 1. The SMILES string of the molecule is CC(O)[C@H]1C(=O)N2C(C(=O)O)=C(S[C@@H]3CN[C@H](C(=O)N4CC[C@H]([N+](C)(C)CCO)C4)C3)[C@H](C)[C@H]12. The minimum absolute atomic E-state index is 0.0274. The monoisotopic (exact) mass is 497 g/mol. The number of carbonyl (C=O) groups is 3. The Labute approximate surface area is 204 Å². The first-order valence-corrected chi connectivity index (χ1v) is 13.0. The summed E-state index contributed by atoms with van der Waals surface area (Å²) < 4.78 is 0.685. The molecule has 0 spiro atoms. The molecular formula is C23H37N4O6S+. The summed E-state index contributed by atoms with van der Waals surface area (Å²) in [6, 6.07) is -0.330. The van der Waals surface area contributed by atoms with Gasteiger partial charge in [0.25, 0.3) is 0 Å². The van der Waals surface area contributed by atoms with Gasteiger partial charge in [-0.1, -0.05) is 6.92 Å². The Balaban J connectivity index is 1.39. The van der Waals surface area contributed by atoms with Crippen molar-refractivity contribution in [3.63, 3.8) is 0 Å². The lowest BCUT2D eigenvalue weighted by molar-refractivity contribution is -0.913. The fourth-order valence-corrected chi connectivity index (χ4v) is 7.49. The van der Waals surface area contributed by atoms with Gasteiger partial charge in [0.1, 0.15) is 18.3 Å². The van der Waals surface area contributed by atoms with Gasteiger partial charge in [0, 0.05) is 35.6 Å². The van der Waals surface area contributed by atoms with Crippen LogP contribution in [0.5, 0.6) is 0 Å². The fraction of sp³-hybridized carbons (Fsp3) is 0.783. The third kappa shape index (κ3) is 4.26. The zero-order chi connectivity index (χ0) is 24.9. The molecule has 0 radical (unpaired) electrons. The number of nitrogens with one attached hydrogen (secondary N) is 1. The first kappa shape index (κ1) is 25.4. The number of carbonyl (C=O) groups excluding carboxylic acids is 2. The highest BCUT2D eigenvalue weighted by Gasteiger charge is 2.60. The molecule has 190 valence electrons. The number of likely N-dealkylation sites (tertiary alicyclic amines) is 1. The van der Waals surface area contributed by atoms with Crippen LogP contribution in [0.2, 0.25) is 0 Å². The van der Waals surface area contributed by atoms with Crippen LogP contribution in [0.1, 0.15) is 26.7 Å². The van der Waals surface area contributed by atoms with Crippen LogP contribution in [0.4, 0.5) is 0 Å². The maximum Gasteiger partial charge on any atom is 0.353 e. The highest BCUT2D eigenvalue weighted by atomic mass is 32.2. The quantitative estimate of drug-likeness (QED) is 0.255. The van der Waals surface area contributed by atoms with Crippen molar-refractivity contribution in [1.82, 2.24) is 15.1 Å². The number of fused-ring (bicyclic) bond motifs is 1. The molecule has 11 heteroatoms. The van der Waals surface area contributed by atoms with Crippen LogP contribution in [0.15, 0.2) is 10.6 Å². The van der Waals surface area contributed by atoms with E-state index in [1.165, 1.54) is 16.7 Å². The number of aliphatic hydroxyl groups is 2. The average molecular weight is 498 g/mol. The van der Waals surface area contributed by atoms with Crippen molar-refractivity contribution in [2.45, 2.75) is 56.2 Å². The molecule has 10 nitrogen and oxygen atoms in total. The predicted molar refractivity (Wildman–Crippen MR) is 126 cm³/mol. The van der Waals surface area contributed by atoms with Crippen molar-refractivity contribution < 1.29 is 34.2 Å². The van der Waals surface area contributed by atoms with Gasteiger partial charge >= 0.3 is 5.97 Å². The van der Waals surface area contributed by atoms with Crippen LogP contribution in [0.25, 0.3) is 0 Å². The summed E-state index contributed by atoms with van der Waals surface area (Å²) >= 11 is 1.46. The molecule has 4 N–H and O–H groups in total. The smallest absolute Gasteiger partial charge is 0.353 e. The molecule has 0 aliphatic carbocycles. The normalized spacial score (nSPS) is 34.5. The number of hydrogen-bond acceptors (Lipinski definition) is 7. The molecule has 0 bridgehead atoms. The van der Waals surface area contributed by atoms with Crippen molar-refractivity contribution >= 4 is 29.5 Å². The predicted octanol–water partition coefficient (Wildman–Crippen LogP) is -0.727. The highest BCUT2D eigenvalue weighted by Crippen LogP contribution is 2.51. The Morgan fingerprint density at radius 3 is 2.65 bits per heavy atom. The lowest BCUT2D eigenvalue weighted by atomic mass is 9.79. The van der Waals surface area contributed by atoms with Gasteiger partial charge in [-0.15, -0.1) is 11.8 Å². The minimum atomic E-state index is -1.13. The van der Waals surface area contributed by atoms with Gasteiger partial charge < -0.3 is 34.9 Å². The zero-order valence-electron chi connectivity index (χ0n) is 20.3. The third-order valence-electron chi connectivity index (χ3n) is 8.13. The lowest BCUT2D eigenvalue weighted by Crippen LogP contribution is -2.63. The molecular weight excluding hydrogens is 460 g/mol. The Morgan fingerprint density at radius 1 is 1.32 bits per heavy atom. The number of aliphatic hydroxyl groups excluding tert-OH is 2. The number of amides is 2. The molecule has 34 heavy (non-hydrogen) atoms. The van der Waals surface area contributed by atoms with Crippen LogP contribution in [-0.2, 0) is 14.4 Å². The largest absolute Gasteiger partial charge is 0.477 e. The molecule has 7 atom stereocenters. The van der Waals surface area contributed by atoms with Gasteiger partial charge in [-0.05, 0) is 13.3 Å². The van der Waals surface area contributed by atoms with E-state index in [0.29, 0.717) is 48.0 Å². The summed E-state index contributed by atoms with van der Waals surface area (Å²) in [7, 11) is 4.17. The van der Waals surface area contributed by atoms with Crippen LogP contribution in [0, 0.1) is 11.8 Å². The molecule has 4 rings (SSSR count). The van der Waals surface area contributed by atoms with Gasteiger partial charge in [-0.2, -0.15) is 0 Å². The van der Waals surface area contributed by atoms with Gasteiger partial charge in [0.2, 0.25) is 11.8 Å². The number of rotatable bonds is 8. The number of hydrogen-bond donors (Lipinski definition) is 4. The van der Waals surface area contributed by atoms with Crippen LogP contribution in [0.3, 0.4) is 0 Å². The van der Waals surface area contributed by atoms with E-state index < -0.39 is 18.0 Å². The van der Waals surface area contributed by atoms with Gasteiger partial charge in [-0.25, -0.2) is 4.79 Å². The molecule has 0 aromatic heterocycles. The van der Waals surface area contributed by atoms with Crippen molar-refractivity contribution in [3.05, 3.63) is 10.6 Å². The van der Waals surface area contributed by atoms with Crippen LogP contribution >= 0.6 is 11.8 Å². The topological polar surface area (TPSA) is 130 Å². The Kier molecular flexibility index (Phi) is 7.05. The first-order valence-electron chi connectivity index (χ1n) is 12.1. The number of carboxylic acids is 1. The van der Waals surface area contributed by atoms with E-state index in [4.69, 9.17) is 0 Å². The summed E-state index contributed by atoms with van der Waals surface area (Å²) in [5.41, 5.74) is 0.0328. The van der Waals surface area contributed by atoms with E-state index in [1.807, 2.05) is 11.8 Å². The lowest BCUT2D eigenvalue weighted by Gasteiger charge is -2.46. The van der Waals surface area contributed by atoms with E-state index in [9.17, 15) is 29.7 Å². The summed E-state index contributed by atoms with van der Waals surface area (Å²) in [6.45, 7) is 6.23. The molecule has 4 aliphatic rings. The van der Waals surface area contributed by atoms with Crippen molar-refractivity contribution in [2.24, 2.45) is 11.8 Å². The maximum atomic E-state index is 13.2. The Morgan fingerprint density at radius 2 is 2.03 bits per heavy atom. The highest BCUT2D eigenvalue weighted by molar-refractivity contribution is 8.03. The Hall–Kier alpha value is -1.66. The molecule has 0 saturated carbocycles. The van der Waals surface area contributed by atoms with Gasteiger partial charge in [0.15, 0.2) is 0 Å². The standard InChI is InChI=1S/C23H36N4O6S/c1-12-18-17(13(2)29)22(31)26(18)19(23(32)33)20(12)34-15-9-16(24-10-15)21(30)25-6-5-14(11-25)27(3,4)7-8-28/h12-18,24,28-29H,5-11H2,1-4H3/p+1/t12-,13?,14+,15+,16+,17-,18-/m1/s1. The summed E-state index contributed by atoms with van der Waals surface area (Å²) in [4.78, 5) is 41.7. The van der Waals surface area contributed by atoms with Gasteiger partial charge in [-0.3, -0.25) is 9.59 Å². The van der Waals surface area contributed by atoms with Crippen molar-refractivity contribution in [2.75, 3.05) is 46.9 Å². The second-order valence-electron chi connectivity index (χ2n) is 10.7. The molecule has 0 aromatic carbocycles. The number of nitrogens with zero attached hydrogens (tertiary/aromatic N) is 3. The Bertz CT molecular complexity index is 893. The molecule has 0 aromatic rings. The molecule has 4 heterocycles. The first-order chi connectivity index (χ1) is 16.0. The molecule has 2 amide bonds. The molecule has 4 aliphatic heterocycles. The number of quaternary nitrogens is 1. The second kappa shape index (κ2) is 9.42. The maximum absolute atomic E-state index is 13.2. The number of β-lactam (4-membered cyclic amide) rings is 1. The van der Waals surface area contributed by atoms with Crippen LogP contribution < -0.4 is 5.32 Å². The average Bonchev–Trinajstić information content (AvgIpc) is 3.46. The number of likely N-dealkylation sites (N-methyl/N-ethyl adjacent to an activating group) is 1. The summed E-state index contributed by atoms with van der Waals surface area (Å²) in [6.07, 6.45) is 0.684. The molecule has 3 fully saturated rings. The summed E-state index contributed by atoms with van der Waals surface area (Å²) in [5.74, 6) is -2.12. The zero-order valence-corrected chi connectivity index (χ0v) is 21.1. The van der Waals surface area contributed by atoms with Crippen molar-refractivity contribution in [1.29, 1.82) is 0 Å². The van der Waals surface area contributed by atoms with Crippen LogP contribution in [-0.4, -0.2) is 124 Å². The van der Waals surface area contributed by atoms with E-state index in [1.54, 1.807) is 6.92 Å². The van der Waals surface area contributed by atoms with E-state index >= 15 is 0 Å². The minimum Gasteiger partial charge on any atom is -0.477 e. The fourth-order valence-electron chi connectivity index (χ4n) is 6.01. The number of thioether (sulfide) groups is 1.